The normalized spacial score (nSPS) is 11.3. The topological polar surface area (TPSA) is 85.1 Å². The Morgan fingerprint density at radius 2 is 2.05 bits per heavy atom. The van der Waals surface area contributed by atoms with Gasteiger partial charge < -0.3 is 5.73 Å². The summed E-state index contributed by atoms with van der Waals surface area (Å²) < 4.78 is 27.0. The lowest BCUT2D eigenvalue weighted by molar-refractivity contribution is 0.601. The van der Waals surface area contributed by atoms with E-state index in [1.165, 1.54) is 24.5 Å². The van der Waals surface area contributed by atoms with Crippen LogP contribution in [0.1, 0.15) is 5.56 Å². The van der Waals surface area contributed by atoms with E-state index in [4.69, 9.17) is 17.3 Å². The summed E-state index contributed by atoms with van der Waals surface area (Å²) in [6.45, 7) is 1.68. The highest BCUT2D eigenvalue weighted by molar-refractivity contribution is 7.93. The Labute approximate surface area is 116 Å². The molecule has 0 atom stereocenters. The molecule has 2 rings (SSSR count). The summed E-state index contributed by atoms with van der Waals surface area (Å²) in [7, 11) is -3.80. The fourth-order valence-electron chi connectivity index (χ4n) is 1.69. The van der Waals surface area contributed by atoms with Crippen molar-refractivity contribution in [1.29, 1.82) is 0 Å². The molecule has 0 saturated heterocycles. The number of pyridine rings is 1. The minimum absolute atomic E-state index is 0.0509. The molecule has 3 N–H and O–H groups in total. The molecule has 7 heteroatoms. The first kappa shape index (κ1) is 13.6. The smallest absolute Gasteiger partial charge is 0.264 e. The third kappa shape index (κ3) is 2.80. The van der Waals surface area contributed by atoms with Crippen LogP contribution in [-0.4, -0.2) is 13.4 Å². The molecule has 19 heavy (non-hydrogen) atoms. The van der Waals surface area contributed by atoms with Crippen molar-refractivity contribution >= 4 is 33.0 Å². The van der Waals surface area contributed by atoms with E-state index >= 15 is 0 Å². The van der Waals surface area contributed by atoms with Crippen molar-refractivity contribution in [3.63, 3.8) is 0 Å². The van der Waals surface area contributed by atoms with Crippen molar-refractivity contribution in [2.45, 2.75) is 11.8 Å². The Balaban J connectivity index is 2.47. The van der Waals surface area contributed by atoms with Gasteiger partial charge in [-0.25, -0.2) is 8.42 Å². The number of nitrogens with one attached hydrogen (secondary N) is 1. The second-order valence-electron chi connectivity index (χ2n) is 3.95. The first-order chi connectivity index (χ1) is 8.92. The van der Waals surface area contributed by atoms with Gasteiger partial charge in [0, 0.05) is 6.20 Å². The van der Waals surface area contributed by atoms with Gasteiger partial charge in [0.2, 0.25) is 0 Å². The van der Waals surface area contributed by atoms with Crippen molar-refractivity contribution in [3.05, 3.63) is 47.2 Å². The Hall–Kier alpha value is -1.79. The number of anilines is 2. The maximum Gasteiger partial charge on any atom is 0.264 e. The van der Waals surface area contributed by atoms with E-state index in [2.05, 4.69) is 9.71 Å². The number of hydrogen-bond acceptors (Lipinski definition) is 4. The minimum atomic E-state index is -3.80. The molecule has 1 aromatic heterocycles. The number of nitrogens with two attached hydrogens (primary N) is 1. The maximum atomic E-state index is 12.3. The molecule has 1 aromatic carbocycles. The fraction of sp³-hybridized carbons (Fsp3) is 0.0833. The van der Waals surface area contributed by atoms with Gasteiger partial charge in [-0.15, -0.1) is 0 Å². The molecule has 100 valence electrons. The van der Waals surface area contributed by atoms with Gasteiger partial charge in [0.25, 0.3) is 10.0 Å². The lowest BCUT2D eigenvalue weighted by Crippen LogP contribution is -2.16. The number of nitrogen functional groups attached to an aromatic ring is 1. The number of aryl methyl sites for hydroxylation is 1. The number of rotatable bonds is 3. The second-order valence-corrected chi connectivity index (χ2v) is 5.98. The summed E-state index contributed by atoms with van der Waals surface area (Å²) in [6.07, 6.45) is 2.82. The van der Waals surface area contributed by atoms with Crippen LogP contribution in [0.15, 0.2) is 41.6 Å². The average Bonchev–Trinajstić information content (AvgIpc) is 2.31. The number of halogens is 1. The van der Waals surface area contributed by atoms with Gasteiger partial charge in [-0.3, -0.25) is 9.71 Å². The third-order valence-electron chi connectivity index (χ3n) is 2.52. The molecule has 0 aliphatic carbocycles. The van der Waals surface area contributed by atoms with Gasteiger partial charge in [0.15, 0.2) is 0 Å². The average molecular weight is 298 g/mol. The second kappa shape index (κ2) is 5.07. The summed E-state index contributed by atoms with van der Waals surface area (Å²) in [5.74, 6) is 0. The standard InChI is InChI=1S/C12H12ClN3O2S/c1-8-3-2-4-10(14)12(8)19(17,18)16-11-7-15-6-5-9(11)13/h2-7,16H,14H2,1H3. The van der Waals surface area contributed by atoms with Crippen molar-refractivity contribution in [2.24, 2.45) is 0 Å². The van der Waals surface area contributed by atoms with E-state index in [0.29, 0.717) is 5.56 Å². The Kier molecular flexibility index (Phi) is 3.64. The maximum absolute atomic E-state index is 12.3. The predicted molar refractivity (Wildman–Crippen MR) is 75.6 cm³/mol. The van der Waals surface area contributed by atoms with Gasteiger partial charge >= 0.3 is 0 Å². The highest BCUT2D eigenvalue weighted by Crippen LogP contribution is 2.27. The minimum Gasteiger partial charge on any atom is -0.398 e. The van der Waals surface area contributed by atoms with Gasteiger partial charge in [-0.1, -0.05) is 23.7 Å². The van der Waals surface area contributed by atoms with Gasteiger partial charge in [0.05, 0.1) is 22.6 Å². The molecule has 0 saturated carbocycles. The molecule has 0 bridgehead atoms. The Bertz CT molecular complexity index is 696. The van der Waals surface area contributed by atoms with E-state index in [-0.39, 0.29) is 21.3 Å². The van der Waals surface area contributed by atoms with Crippen LogP contribution in [0.2, 0.25) is 5.02 Å². The molecule has 0 aliphatic rings. The van der Waals surface area contributed by atoms with Gasteiger partial charge in [-0.2, -0.15) is 0 Å². The van der Waals surface area contributed by atoms with Crippen LogP contribution in [0.5, 0.6) is 0 Å². The zero-order chi connectivity index (χ0) is 14.0. The number of aromatic nitrogens is 1. The van der Waals surface area contributed by atoms with Crippen LogP contribution in [0.3, 0.4) is 0 Å². The Morgan fingerprint density at radius 3 is 2.68 bits per heavy atom. The SMILES string of the molecule is Cc1cccc(N)c1S(=O)(=O)Nc1cnccc1Cl. The molecule has 0 aliphatic heterocycles. The summed E-state index contributed by atoms with van der Waals surface area (Å²) in [4.78, 5) is 3.88. The molecular weight excluding hydrogens is 286 g/mol. The fourth-order valence-corrected chi connectivity index (χ4v) is 3.32. The van der Waals surface area contributed by atoms with Crippen molar-refractivity contribution in [3.8, 4) is 0 Å². The first-order valence-corrected chi connectivity index (χ1v) is 7.25. The summed E-state index contributed by atoms with van der Waals surface area (Å²) in [5, 5.41) is 0.269. The number of hydrogen-bond donors (Lipinski definition) is 2. The lowest BCUT2D eigenvalue weighted by Gasteiger charge is -2.12. The molecule has 0 radical (unpaired) electrons. The highest BCUT2D eigenvalue weighted by Gasteiger charge is 2.20. The molecule has 0 unspecified atom stereocenters. The molecule has 0 amide bonds. The number of sulfonamides is 1. The molecule has 1 heterocycles. The summed E-state index contributed by atoms with van der Waals surface area (Å²) >= 11 is 5.90. The molecule has 5 nitrogen and oxygen atoms in total. The zero-order valence-corrected chi connectivity index (χ0v) is 11.7. The molecular formula is C12H12ClN3O2S. The van der Waals surface area contributed by atoms with Crippen LogP contribution in [0, 0.1) is 6.92 Å². The van der Waals surface area contributed by atoms with Gasteiger partial charge in [-0.05, 0) is 24.6 Å². The highest BCUT2D eigenvalue weighted by atomic mass is 35.5. The monoisotopic (exact) mass is 297 g/mol. The summed E-state index contributed by atoms with van der Waals surface area (Å²) in [6, 6.07) is 6.41. The zero-order valence-electron chi connectivity index (χ0n) is 10.1. The van der Waals surface area contributed by atoms with Crippen molar-refractivity contribution in [2.75, 3.05) is 10.5 Å². The van der Waals surface area contributed by atoms with E-state index in [1.807, 2.05) is 0 Å². The van der Waals surface area contributed by atoms with E-state index < -0.39 is 10.0 Å². The van der Waals surface area contributed by atoms with Crippen LogP contribution in [0.25, 0.3) is 0 Å². The van der Waals surface area contributed by atoms with Crippen LogP contribution < -0.4 is 10.5 Å². The first-order valence-electron chi connectivity index (χ1n) is 5.39. The summed E-state index contributed by atoms with van der Waals surface area (Å²) in [5.41, 5.74) is 6.70. The quantitative estimate of drug-likeness (QED) is 0.852. The Morgan fingerprint density at radius 1 is 1.32 bits per heavy atom. The molecule has 2 aromatic rings. The number of nitrogens with zero attached hydrogens (tertiary/aromatic N) is 1. The largest absolute Gasteiger partial charge is 0.398 e. The van der Waals surface area contributed by atoms with Crippen LogP contribution in [0.4, 0.5) is 11.4 Å². The van der Waals surface area contributed by atoms with E-state index in [0.717, 1.165) is 0 Å². The van der Waals surface area contributed by atoms with Crippen molar-refractivity contribution in [1.82, 2.24) is 4.98 Å². The third-order valence-corrected chi connectivity index (χ3v) is 4.44. The molecule has 0 fully saturated rings. The number of benzene rings is 1. The predicted octanol–water partition coefficient (Wildman–Crippen LogP) is 2.43. The van der Waals surface area contributed by atoms with Crippen LogP contribution in [-0.2, 0) is 10.0 Å². The molecule has 0 spiro atoms. The van der Waals surface area contributed by atoms with Crippen molar-refractivity contribution < 1.29 is 8.42 Å². The van der Waals surface area contributed by atoms with E-state index in [9.17, 15) is 8.42 Å². The van der Waals surface area contributed by atoms with Gasteiger partial charge in [0.1, 0.15) is 4.90 Å². The lowest BCUT2D eigenvalue weighted by atomic mass is 10.2. The van der Waals surface area contributed by atoms with E-state index in [1.54, 1.807) is 19.1 Å². The van der Waals surface area contributed by atoms with Crippen LogP contribution >= 0.6 is 11.6 Å².